The molecule has 8 atom stereocenters. The van der Waals surface area contributed by atoms with Crippen LogP contribution in [0.5, 0.6) is 0 Å². The summed E-state index contributed by atoms with van der Waals surface area (Å²) in [5.41, 5.74) is 4.53. The van der Waals surface area contributed by atoms with E-state index in [0.717, 1.165) is 49.7 Å². The van der Waals surface area contributed by atoms with Gasteiger partial charge < -0.3 is 52.3 Å². The third-order valence-electron chi connectivity index (χ3n) is 13.5. The highest BCUT2D eigenvalue weighted by atomic mass is 35.5. The minimum atomic E-state index is -1.27. The van der Waals surface area contributed by atoms with Crippen LogP contribution < -0.4 is 42.5 Å². The van der Waals surface area contributed by atoms with Crippen LogP contribution in [-0.2, 0) is 51.2 Å². The smallest absolute Gasteiger partial charge is 0.246 e. The van der Waals surface area contributed by atoms with E-state index in [0.29, 0.717) is 38.8 Å². The molecule has 0 saturated carbocycles. The molecule has 18 nitrogen and oxygen atoms in total. The van der Waals surface area contributed by atoms with E-state index in [9.17, 15) is 38.4 Å². The van der Waals surface area contributed by atoms with E-state index in [1.807, 2.05) is 36.4 Å². The number of likely N-dealkylation sites (tertiary alicyclic amines) is 2. The van der Waals surface area contributed by atoms with E-state index in [1.54, 1.807) is 27.9 Å². The van der Waals surface area contributed by atoms with Crippen LogP contribution in [0.3, 0.4) is 0 Å². The summed E-state index contributed by atoms with van der Waals surface area (Å²) in [7, 11) is 3.20. The Bertz CT molecular complexity index is 1970. The van der Waals surface area contributed by atoms with Crippen LogP contribution in [0.2, 0.25) is 0 Å². The Morgan fingerprint density at radius 1 is 0.559 bits per heavy atom. The average Bonchev–Trinajstić information content (AvgIpc) is 4.03. The average molecular weight is 986 g/mol. The van der Waals surface area contributed by atoms with Crippen LogP contribution in [-0.4, -0.2) is 134 Å². The second-order valence-corrected chi connectivity index (χ2v) is 17.9. The number of carbonyl (C=O) groups excluding carboxylic acids is 8. The second-order valence-electron chi connectivity index (χ2n) is 17.9. The van der Waals surface area contributed by atoms with Crippen molar-refractivity contribution in [2.75, 3.05) is 40.3 Å². The molecule has 0 radical (unpaired) electrons. The van der Waals surface area contributed by atoms with Crippen molar-refractivity contribution in [3.8, 4) is 0 Å². The summed E-state index contributed by atoms with van der Waals surface area (Å²) in [4.78, 5) is 111. The molecule has 0 bridgehead atoms. The fourth-order valence-electron chi connectivity index (χ4n) is 9.52. The van der Waals surface area contributed by atoms with E-state index in [1.165, 1.54) is 20.9 Å². The number of aryl methyl sites for hydroxylation is 2. The third-order valence-corrected chi connectivity index (χ3v) is 13.5. The molecule has 2 aliphatic heterocycles. The Balaban J connectivity index is 0.00000504. The molecule has 2 heterocycles. The fraction of sp³-hybridized carbons (Fsp3) is 0.583. The number of benzene rings is 2. The number of carbonyl (C=O) groups is 8. The van der Waals surface area contributed by atoms with E-state index in [2.05, 4.69) is 54.7 Å². The summed E-state index contributed by atoms with van der Waals surface area (Å²) >= 11 is 0. The SMILES string of the molecule is CN[C@@H](C)C(=O)N[C@@H](CC(=O)NCCNC(=O)C[C@H](NC(=O)[C@H](C)NC)C(=O)N1CCC[C@H]1C(=O)N[C@@H]1CCCc2ccccc21)C(=O)N1CCC[C@H]1C(=O)N[C@@H]1CCCc2ccccc21.Cl.Cl. The van der Waals surface area contributed by atoms with E-state index >= 15 is 0 Å². The van der Waals surface area contributed by atoms with Gasteiger partial charge in [0.1, 0.15) is 24.2 Å². The molecule has 0 aromatic heterocycles. The van der Waals surface area contributed by atoms with Crippen molar-refractivity contribution in [2.45, 2.75) is 139 Å². The molecule has 374 valence electrons. The zero-order chi connectivity index (χ0) is 47.3. The zero-order valence-corrected chi connectivity index (χ0v) is 41.2. The first-order chi connectivity index (χ1) is 31.8. The van der Waals surface area contributed by atoms with Gasteiger partial charge in [0, 0.05) is 26.2 Å². The zero-order valence-electron chi connectivity index (χ0n) is 39.5. The number of nitrogens with one attached hydrogen (secondary N) is 8. The second kappa shape index (κ2) is 26.5. The lowest BCUT2D eigenvalue weighted by Gasteiger charge is -2.32. The van der Waals surface area contributed by atoms with E-state index in [-0.39, 0.29) is 61.8 Å². The normalized spacial score (nSPS) is 21.1. The van der Waals surface area contributed by atoms with Crippen molar-refractivity contribution in [2.24, 2.45) is 0 Å². The number of fused-ring (bicyclic) bond motifs is 2. The lowest BCUT2D eigenvalue weighted by Crippen LogP contribution is -2.57. The van der Waals surface area contributed by atoms with Crippen molar-refractivity contribution in [1.82, 2.24) is 52.3 Å². The van der Waals surface area contributed by atoms with Crippen LogP contribution >= 0.6 is 24.8 Å². The Hall–Kier alpha value is -5.30. The Kier molecular flexibility index (Phi) is 21.5. The minimum absolute atomic E-state index is 0. The lowest BCUT2D eigenvalue weighted by atomic mass is 9.87. The van der Waals surface area contributed by atoms with Crippen molar-refractivity contribution in [3.63, 3.8) is 0 Å². The Morgan fingerprint density at radius 3 is 1.32 bits per heavy atom. The molecular weight excluding hydrogens is 915 g/mol. The maximum atomic E-state index is 14.1. The van der Waals surface area contributed by atoms with Gasteiger partial charge in [0.2, 0.25) is 47.3 Å². The van der Waals surface area contributed by atoms with Crippen molar-refractivity contribution in [3.05, 3.63) is 70.8 Å². The monoisotopic (exact) mass is 984 g/mol. The van der Waals surface area contributed by atoms with Gasteiger partial charge in [-0.15, -0.1) is 24.8 Å². The van der Waals surface area contributed by atoms with Crippen molar-refractivity contribution >= 4 is 72.1 Å². The minimum Gasteiger partial charge on any atom is -0.354 e. The topological polar surface area (TPSA) is 239 Å². The van der Waals surface area contributed by atoms with Crippen LogP contribution in [0.25, 0.3) is 0 Å². The standard InChI is InChI=1S/C48H68N10O8.2ClH/c1-29(49-3)43(61)55-37(47(65)57-25-11-21-39(57)45(63)53-35-19-9-15-31-13-5-7-17-33(31)35)27-41(59)51-23-24-52-42(60)28-38(56-44(62)30(2)50-4)48(66)58-26-12-22-40(58)46(64)54-36-20-10-16-32-14-6-8-18-34(32)36;;/h5-8,13-14,17-18,29-30,35-40,49-50H,9-12,15-16,19-28H2,1-4H3,(H,51,59)(H,52,60)(H,53,63)(H,54,64)(H,55,61)(H,56,62);2*1H/t29-,30-,35+,36+,37-,38-,39-,40-;;/m0../s1. The van der Waals surface area contributed by atoms with Crippen LogP contribution in [0, 0.1) is 0 Å². The number of hydrogen-bond acceptors (Lipinski definition) is 10. The van der Waals surface area contributed by atoms with Gasteiger partial charge in [-0.25, -0.2) is 0 Å². The number of hydrogen-bond donors (Lipinski definition) is 8. The number of amides is 8. The summed E-state index contributed by atoms with van der Waals surface area (Å²) in [5.74, 6) is -3.77. The molecule has 6 rings (SSSR count). The number of rotatable bonds is 19. The van der Waals surface area contributed by atoms with Gasteiger partial charge in [0.05, 0.1) is 37.0 Å². The molecule has 2 aromatic rings. The molecule has 8 amide bonds. The molecular formula is C48H70Cl2N10O8. The maximum absolute atomic E-state index is 14.1. The highest BCUT2D eigenvalue weighted by Crippen LogP contribution is 2.32. The molecule has 4 aliphatic rings. The van der Waals surface area contributed by atoms with E-state index in [4.69, 9.17) is 0 Å². The predicted molar refractivity (Wildman–Crippen MR) is 261 cm³/mol. The highest BCUT2D eigenvalue weighted by Gasteiger charge is 2.41. The largest absolute Gasteiger partial charge is 0.354 e. The maximum Gasteiger partial charge on any atom is 0.246 e. The molecule has 0 unspecified atom stereocenters. The van der Waals surface area contributed by atoms with Gasteiger partial charge in [-0.1, -0.05) is 48.5 Å². The number of halogens is 2. The van der Waals surface area contributed by atoms with Crippen LogP contribution in [0.1, 0.15) is 112 Å². The summed E-state index contributed by atoms with van der Waals surface area (Å²) in [5, 5.41) is 22.8. The van der Waals surface area contributed by atoms with Gasteiger partial charge in [-0.05, 0) is 114 Å². The first kappa shape index (κ1) is 55.3. The lowest BCUT2D eigenvalue weighted by molar-refractivity contribution is -0.143. The molecule has 8 N–H and O–H groups in total. The van der Waals surface area contributed by atoms with Crippen LogP contribution in [0.4, 0.5) is 0 Å². The van der Waals surface area contributed by atoms with Gasteiger partial charge in [-0.3, -0.25) is 38.4 Å². The molecule has 20 heteroatoms. The predicted octanol–water partition coefficient (Wildman–Crippen LogP) is 1.40. The number of likely N-dealkylation sites (N-methyl/N-ethyl adjacent to an activating group) is 2. The molecule has 2 aromatic carbocycles. The quantitative estimate of drug-likeness (QED) is 0.0943. The summed E-state index contributed by atoms with van der Waals surface area (Å²) in [6.07, 6.45) is 6.52. The van der Waals surface area contributed by atoms with Gasteiger partial charge in [0.25, 0.3) is 0 Å². The summed E-state index contributed by atoms with van der Waals surface area (Å²) in [6.45, 7) is 3.72. The van der Waals surface area contributed by atoms with Crippen molar-refractivity contribution < 1.29 is 38.4 Å². The molecule has 0 spiro atoms. The summed E-state index contributed by atoms with van der Waals surface area (Å²) < 4.78 is 0. The molecule has 2 aliphatic carbocycles. The number of nitrogens with zero attached hydrogens (tertiary/aromatic N) is 2. The first-order valence-corrected chi connectivity index (χ1v) is 23.7. The third kappa shape index (κ3) is 14.1. The fourth-order valence-corrected chi connectivity index (χ4v) is 9.52. The van der Waals surface area contributed by atoms with Gasteiger partial charge in [-0.2, -0.15) is 0 Å². The van der Waals surface area contributed by atoms with Crippen LogP contribution in [0.15, 0.2) is 48.5 Å². The first-order valence-electron chi connectivity index (χ1n) is 23.7. The highest BCUT2D eigenvalue weighted by molar-refractivity contribution is 5.97. The molecule has 2 saturated heterocycles. The summed E-state index contributed by atoms with van der Waals surface area (Å²) in [6, 6.07) is 10.3. The Morgan fingerprint density at radius 2 is 0.941 bits per heavy atom. The van der Waals surface area contributed by atoms with Gasteiger partial charge >= 0.3 is 0 Å². The van der Waals surface area contributed by atoms with E-state index < -0.39 is 84.5 Å². The molecule has 68 heavy (non-hydrogen) atoms. The van der Waals surface area contributed by atoms with Crippen molar-refractivity contribution in [1.29, 1.82) is 0 Å². The molecule has 2 fully saturated rings. The van der Waals surface area contributed by atoms with Gasteiger partial charge in [0.15, 0.2) is 0 Å². The Labute approximate surface area is 411 Å².